The highest BCUT2D eigenvalue weighted by Crippen LogP contribution is 2.34. The maximum Gasteiger partial charge on any atom is 0.261 e. The van der Waals surface area contributed by atoms with E-state index in [1.807, 2.05) is 62.5 Å². The molecule has 2 N–H and O–H groups in total. The summed E-state index contributed by atoms with van der Waals surface area (Å²) in [5.41, 5.74) is 4.14. The van der Waals surface area contributed by atoms with Gasteiger partial charge in [-0.3, -0.25) is 4.79 Å². The molecule has 0 atom stereocenters. The molecule has 0 spiro atoms. The molecule has 0 saturated heterocycles. The van der Waals surface area contributed by atoms with Crippen LogP contribution in [0.5, 0.6) is 0 Å². The van der Waals surface area contributed by atoms with Gasteiger partial charge in [0.15, 0.2) is 0 Å². The molecule has 6 nitrogen and oxygen atoms in total. The van der Waals surface area contributed by atoms with Crippen LogP contribution in [0.1, 0.15) is 18.3 Å². The van der Waals surface area contributed by atoms with Gasteiger partial charge in [0.2, 0.25) is 5.95 Å². The van der Waals surface area contributed by atoms with Crippen LogP contribution >= 0.6 is 23.2 Å². The third-order valence-electron chi connectivity index (χ3n) is 5.46. The molecule has 2 aromatic heterocycles. The topological polar surface area (TPSA) is 75.6 Å². The number of H-pyrrole nitrogens is 1. The Morgan fingerprint density at radius 1 is 0.970 bits per heavy atom. The van der Waals surface area contributed by atoms with Gasteiger partial charge in [-0.05, 0) is 48.4 Å². The largest absolute Gasteiger partial charge is 0.323 e. The summed E-state index contributed by atoms with van der Waals surface area (Å²) >= 11 is 12.6. The molecule has 164 valence electrons. The van der Waals surface area contributed by atoms with Crippen molar-refractivity contribution in [3.8, 4) is 0 Å². The van der Waals surface area contributed by atoms with Gasteiger partial charge in [-0.15, -0.1) is 0 Å². The zero-order valence-electron chi connectivity index (χ0n) is 17.9. The van der Waals surface area contributed by atoms with Crippen molar-refractivity contribution in [3.05, 3.63) is 92.5 Å². The Labute approximate surface area is 199 Å². The molecule has 0 aliphatic heterocycles. The number of aromatic nitrogens is 4. The average molecular weight is 476 g/mol. The van der Waals surface area contributed by atoms with Crippen LogP contribution in [0.4, 0.5) is 11.6 Å². The molecule has 3 aromatic carbocycles. The Morgan fingerprint density at radius 2 is 1.67 bits per heavy atom. The van der Waals surface area contributed by atoms with Crippen molar-refractivity contribution in [2.24, 2.45) is 7.05 Å². The van der Waals surface area contributed by atoms with E-state index in [0.717, 1.165) is 11.1 Å². The van der Waals surface area contributed by atoms with E-state index < -0.39 is 0 Å². The van der Waals surface area contributed by atoms with E-state index in [4.69, 9.17) is 28.2 Å². The Hall–Kier alpha value is -3.61. The normalized spacial score (nSPS) is 11.9. The predicted molar refractivity (Wildman–Crippen MR) is 136 cm³/mol. The number of rotatable bonds is 4. The number of halogens is 2. The highest BCUT2D eigenvalue weighted by Gasteiger charge is 2.17. The summed E-state index contributed by atoms with van der Waals surface area (Å²) in [5.74, 6) is 1.04. The minimum atomic E-state index is -0.230. The Morgan fingerprint density at radius 3 is 2.39 bits per heavy atom. The fourth-order valence-electron chi connectivity index (χ4n) is 3.82. The first kappa shape index (κ1) is 21.2. The fraction of sp³-hybridized carbons (Fsp3) is 0.0800. The lowest BCUT2D eigenvalue weighted by atomic mass is 10.1. The number of benzene rings is 3. The highest BCUT2D eigenvalue weighted by atomic mass is 35.5. The van der Waals surface area contributed by atoms with Crippen LogP contribution in [0.15, 0.2) is 65.5 Å². The number of hydrogen-bond donors (Lipinski definition) is 2. The monoisotopic (exact) mass is 475 g/mol. The summed E-state index contributed by atoms with van der Waals surface area (Å²) in [6.45, 7) is 1.93. The Kier molecular flexibility index (Phi) is 5.40. The summed E-state index contributed by atoms with van der Waals surface area (Å²) in [4.78, 5) is 25.5. The summed E-state index contributed by atoms with van der Waals surface area (Å²) in [6, 6.07) is 18.8. The first-order valence-corrected chi connectivity index (χ1v) is 11.0. The van der Waals surface area contributed by atoms with Crippen LogP contribution in [0.2, 0.25) is 10.0 Å². The minimum Gasteiger partial charge on any atom is -0.323 e. The molecule has 0 saturated carbocycles. The summed E-state index contributed by atoms with van der Waals surface area (Å²) in [6.07, 6.45) is 1.99. The number of anilines is 2. The van der Waals surface area contributed by atoms with Gasteiger partial charge < -0.3 is 14.9 Å². The van der Waals surface area contributed by atoms with Crippen molar-refractivity contribution in [2.75, 3.05) is 5.32 Å². The number of aromatic amines is 1. The number of nitrogens with zero attached hydrogens (tertiary/aromatic N) is 3. The molecule has 0 aliphatic carbocycles. The average Bonchev–Trinajstić information content (AvgIpc) is 3.12. The maximum absolute atomic E-state index is 13.2. The summed E-state index contributed by atoms with van der Waals surface area (Å²) in [7, 11) is 1.83. The maximum atomic E-state index is 13.2. The van der Waals surface area contributed by atoms with Gasteiger partial charge in [-0.25, -0.2) is 9.97 Å². The quantitative estimate of drug-likeness (QED) is 0.314. The molecule has 0 radical (unpaired) electrons. The molecule has 2 heterocycles. The van der Waals surface area contributed by atoms with E-state index in [2.05, 4.69) is 15.3 Å². The number of aryl methyl sites for hydroxylation is 1. The second-order valence-electron chi connectivity index (χ2n) is 7.70. The van der Waals surface area contributed by atoms with Gasteiger partial charge in [-0.1, -0.05) is 59.6 Å². The van der Waals surface area contributed by atoms with E-state index in [9.17, 15) is 4.79 Å². The number of hydrogen-bond acceptors (Lipinski definition) is 4. The number of nitrogens with one attached hydrogen (secondary N) is 2. The van der Waals surface area contributed by atoms with Crippen LogP contribution < -0.4 is 10.9 Å². The third kappa shape index (κ3) is 3.88. The van der Waals surface area contributed by atoms with Gasteiger partial charge in [-0.2, -0.15) is 0 Å². The predicted octanol–water partition coefficient (Wildman–Crippen LogP) is 6.42. The van der Waals surface area contributed by atoms with Crippen molar-refractivity contribution in [1.82, 2.24) is 19.5 Å². The Bertz CT molecular complexity index is 1580. The zero-order chi connectivity index (χ0) is 23.1. The van der Waals surface area contributed by atoms with Crippen LogP contribution in [0, 0.1) is 0 Å². The van der Waals surface area contributed by atoms with Gasteiger partial charge in [0.05, 0.1) is 37.7 Å². The van der Waals surface area contributed by atoms with Crippen molar-refractivity contribution >= 4 is 68.4 Å². The first-order chi connectivity index (χ1) is 15.9. The van der Waals surface area contributed by atoms with E-state index >= 15 is 0 Å². The van der Waals surface area contributed by atoms with Gasteiger partial charge in [0.1, 0.15) is 5.82 Å². The van der Waals surface area contributed by atoms with Crippen molar-refractivity contribution < 1.29 is 0 Å². The van der Waals surface area contributed by atoms with E-state index in [0.29, 0.717) is 49.4 Å². The van der Waals surface area contributed by atoms with E-state index in [1.54, 1.807) is 22.8 Å². The second kappa shape index (κ2) is 8.39. The van der Waals surface area contributed by atoms with Crippen molar-refractivity contribution in [1.29, 1.82) is 0 Å². The molecular formula is C25H19Cl2N5O. The Balaban J connectivity index is 1.63. The second-order valence-corrected chi connectivity index (χ2v) is 8.51. The van der Waals surface area contributed by atoms with Gasteiger partial charge in [0, 0.05) is 7.05 Å². The number of allylic oxidation sites excluding steroid dienone is 1. The molecule has 8 heteroatoms. The lowest BCUT2D eigenvalue weighted by molar-refractivity contribution is 0.960. The van der Waals surface area contributed by atoms with Crippen LogP contribution in [0.25, 0.3) is 33.6 Å². The van der Waals surface area contributed by atoms with Crippen molar-refractivity contribution in [2.45, 2.75) is 6.92 Å². The standard InChI is InChI=1S/C25H19Cl2N5O/c1-14(13-15-7-4-3-5-8-15)23-28-18-11-12-19-22(20(18)24(33)31-23)32(2)25(29-19)30-21-16(26)9-6-10-17(21)27/h3-13H,1-2H3,(H,29,30)(H,28,31,33). The fourth-order valence-corrected chi connectivity index (χ4v) is 4.32. The lowest BCUT2D eigenvalue weighted by Gasteiger charge is -2.10. The SMILES string of the molecule is CC(=Cc1ccccc1)c1nc2ccc3nc(Nc4c(Cl)cccc4Cl)n(C)c3c2c(=O)[nH]1. The smallest absolute Gasteiger partial charge is 0.261 e. The molecule has 0 aliphatic rings. The van der Waals surface area contributed by atoms with E-state index in [-0.39, 0.29) is 5.56 Å². The minimum absolute atomic E-state index is 0.230. The summed E-state index contributed by atoms with van der Waals surface area (Å²) in [5, 5.41) is 4.61. The molecule has 0 unspecified atom stereocenters. The molecule has 5 aromatic rings. The highest BCUT2D eigenvalue weighted by molar-refractivity contribution is 6.39. The molecular weight excluding hydrogens is 457 g/mol. The van der Waals surface area contributed by atoms with Crippen molar-refractivity contribution in [3.63, 3.8) is 0 Å². The number of imidazole rings is 1. The van der Waals surface area contributed by atoms with E-state index in [1.165, 1.54) is 0 Å². The number of fused-ring (bicyclic) bond motifs is 3. The third-order valence-corrected chi connectivity index (χ3v) is 6.09. The van der Waals surface area contributed by atoms with Crippen LogP contribution in [0.3, 0.4) is 0 Å². The lowest BCUT2D eigenvalue weighted by Crippen LogP contribution is -2.12. The first-order valence-electron chi connectivity index (χ1n) is 10.3. The van der Waals surface area contributed by atoms with Crippen LogP contribution in [-0.4, -0.2) is 19.5 Å². The summed E-state index contributed by atoms with van der Waals surface area (Å²) < 4.78 is 1.81. The molecule has 0 bridgehead atoms. The molecule has 5 rings (SSSR count). The zero-order valence-corrected chi connectivity index (χ0v) is 19.4. The molecule has 33 heavy (non-hydrogen) atoms. The number of para-hydroxylation sites is 1. The van der Waals surface area contributed by atoms with Gasteiger partial charge >= 0.3 is 0 Å². The van der Waals surface area contributed by atoms with Gasteiger partial charge in [0.25, 0.3) is 5.56 Å². The molecule has 0 amide bonds. The molecule has 0 fully saturated rings. The van der Waals surface area contributed by atoms with Crippen LogP contribution in [-0.2, 0) is 7.05 Å².